The molecule has 1 rings (SSSR count). The van der Waals surface area contributed by atoms with Crippen LogP contribution in [0.25, 0.3) is 0 Å². The molecular weight excluding hydrogens is 361 g/mol. The first-order chi connectivity index (χ1) is 8.20. The van der Waals surface area contributed by atoms with Crippen molar-refractivity contribution in [2.45, 2.75) is 38.7 Å². The molecule has 18 heavy (non-hydrogen) atoms. The highest BCUT2D eigenvalue weighted by molar-refractivity contribution is 14.0. The molecule has 0 bridgehead atoms. The van der Waals surface area contributed by atoms with E-state index in [1.165, 1.54) is 6.42 Å². The van der Waals surface area contributed by atoms with Crippen molar-refractivity contribution in [3.05, 3.63) is 0 Å². The number of nitrogens with zero attached hydrogens (tertiary/aromatic N) is 1. The Morgan fingerprint density at radius 2 is 2.17 bits per heavy atom. The lowest BCUT2D eigenvalue weighted by Gasteiger charge is -2.19. The second-order valence-electron chi connectivity index (χ2n) is 4.50. The lowest BCUT2D eigenvalue weighted by molar-refractivity contribution is 0.0778. The first kappa shape index (κ1) is 18.3. The Morgan fingerprint density at radius 3 is 2.72 bits per heavy atom. The Bertz CT molecular complexity index is 245. The Balaban J connectivity index is 0.00000289. The van der Waals surface area contributed by atoms with Crippen LogP contribution in [-0.2, 0) is 0 Å². The lowest BCUT2D eigenvalue weighted by Crippen LogP contribution is -2.40. The monoisotopic (exact) mass is 387 g/mol. The lowest BCUT2D eigenvalue weighted by atomic mass is 10.1. The summed E-state index contributed by atoms with van der Waals surface area (Å²) in [5, 5.41) is 16.7. The van der Waals surface area contributed by atoms with Gasteiger partial charge in [-0.1, -0.05) is 13.3 Å². The molecule has 1 saturated heterocycles. The summed E-state index contributed by atoms with van der Waals surface area (Å²) < 4.78 is 0. The van der Waals surface area contributed by atoms with Crippen LogP contribution in [-0.4, -0.2) is 47.8 Å². The summed E-state index contributed by atoms with van der Waals surface area (Å²) in [5.74, 6) is 2.68. The van der Waals surface area contributed by atoms with Crippen molar-refractivity contribution in [3.63, 3.8) is 0 Å². The van der Waals surface area contributed by atoms with E-state index in [1.54, 1.807) is 0 Å². The number of aliphatic imine (C=N–C) groups is 1. The van der Waals surface area contributed by atoms with Crippen molar-refractivity contribution in [1.82, 2.24) is 10.6 Å². The van der Waals surface area contributed by atoms with E-state index in [1.807, 2.05) is 11.8 Å². The van der Waals surface area contributed by atoms with Gasteiger partial charge in [0.1, 0.15) is 0 Å². The third kappa shape index (κ3) is 7.04. The summed E-state index contributed by atoms with van der Waals surface area (Å²) in [6.07, 6.45) is 3.17. The molecule has 0 aromatic heterocycles. The van der Waals surface area contributed by atoms with E-state index in [2.05, 4.69) is 29.5 Å². The van der Waals surface area contributed by atoms with Gasteiger partial charge in [-0.15, -0.1) is 24.0 Å². The summed E-state index contributed by atoms with van der Waals surface area (Å²) in [4.78, 5) is 4.47. The van der Waals surface area contributed by atoms with Crippen molar-refractivity contribution in [2.24, 2.45) is 4.99 Å². The Hall–Kier alpha value is 0.310. The van der Waals surface area contributed by atoms with E-state index in [0.717, 1.165) is 43.4 Å². The van der Waals surface area contributed by atoms with Crippen LogP contribution in [0.3, 0.4) is 0 Å². The predicted octanol–water partition coefficient (Wildman–Crippen LogP) is 1.83. The van der Waals surface area contributed by atoms with E-state index < -0.39 is 5.60 Å². The largest absolute Gasteiger partial charge is 0.387 e. The molecule has 108 valence electrons. The van der Waals surface area contributed by atoms with Crippen molar-refractivity contribution in [3.8, 4) is 0 Å². The van der Waals surface area contributed by atoms with Crippen LogP contribution < -0.4 is 10.6 Å². The van der Waals surface area contributed by atoms with Crippen molar-refractivity contribution in [2.75, 3.05) is 31.1 Å². The zero-order chi connectivity index (χ0) is 12.6. The molecule has 0 spiro atoms. The number of nitrogens with one attached hydrogen (secondary N) is 2. The van der Waals surface area contributed by atoms with E-state index in [-0.39, 0.29) is 24.0 Å². The smallest absolute Gasteiger partial charge is 0.191 e. The first-order valence-electron chi connectivity index (χ1n) is 6.52. The second-order valence-corrected chi connectivity index (χ2v) is 5.61. The number of unbranched alkanes of at least 4 members (excludes halogenated alkanes) is 1. The van der Waals surface area contributed by atoms with Gasteiger partial charge in [0, 0.05) is 18.8 Å². The molecule has 0 aromatic rings. The maximum absolute atomic E-state index is 10.2. The second kappa shape index (κ2) is 10.1. The van der Waals surface area contributed by atoms with Crippen LogP contribution in [0.1, 0.15) is 33.1 Å². The topological polar surface area (TPSA) is 56.7 Å². The van der Waals surface area contributed by atoms with E-state index in [4.69, 9.17) is 0 Å². The zero-order valence-corrected chi connectivity index (χ0v) is 14.5. The summed E-state index contributed by atoms with van der Waals surface area (Å²) in [6.45, 7) is 6.52. The minimum atomic E-state index is -0.586. The average Bonchev–Trinajstić information content (AvgIpc) is 2.74. The number of halogens is 1. The van der Waals surface area contributed by atoms with E-state index >= 15 is 0 Å². The average molecular weight is 387 g/mol. The molecule has 1 aliphatic heterocycles. The predicted molar refractivity (Wildman–Crippen MR) is 91.2 cm³/mol. The highest BCUT2D eigenvalue weighted by Crippen LogP contribution is 2.27. The van der Waals surface area contributed by atoms with Crippen molar-refractivity contribution in [1.29, 1.82) is 0 Å². The number of thioether (sulfide) groups is 1. The van der Waals surface area contributed by atoms with Gasteiger partial charge in [0.25, 0.3) is 0 Å². The third-order valence-corrected chi connectivity index (χ3v) is 4.02. The minimum absolute atomic E-state index is 0. The number of aliphatic hydroxyl groups is 1. The van der Waals surface area contributed by atoms with Gasteiger partial charge in [-0.2, -0.15) is 11.8 Å². The van der Waals surface area contributed by atoms with Gasteiger partial charge in [-0.25, -0.2) is 0 Å². The van der Waals surface area contributed by atoms with Crippen LogP contribution in [0.5, 0.6) is 0 Å². The molecule has 0 radical (unpaired) electrons. The van der Waals surface area contributed by atoms with Gasteiger partial charge in [0.15, 0.2) is 5.96 Å². The van der Waals surface area contributed by atoms with Gasteiger partial charge in [0.05, 0.1) is 12.1 Å². The molecule has 1 unspecified atom stereocenters. The fourth-order valence-electron chi connectivity index (χ4n) is 1.67. The van der Waals surface area contributed by atoms with Crippen LogP contribution in [0.2, 0.25) is 0 Å². The van der Waals surface area contributed by atoms with Gasteiger partial charge in [-0.3, -0.25) is 4.99 Å². The Labute approximate surface area is 132 Å². The van der Waals surface area contributed by atoms with Crippen molar-refractivity contribution < 1.29 is 5.11 Å². The third-order valence-electron chi connectivity index (χ3n) is 2.78. The molecule has 0 aromatic carbocycles. The van der Waals surface area contributed by atoms with E-state index in [9.17, 15) is 5.11 Å². The standard InChI is InChI=1S/C12H25N3OS.HI/c1-3-5-7-14-11(13-4-2)15-9-12(16)6-8-17-10-12;/h16H,3-10H2,1-2H3,(H2,13,14,15);1H. The van der Waals surface area contributed by atoms with Gasteiger partial charge < -0.3 is 15.7 Å². The Morgan fingerprint density at radius 1 is 1.39 bits per heavy atom. The van der Waals surface area contributed by atoms with Crippen molar-refractivity contribution >= 4 is 41.7 Å². The van der Waals surface area contributed by atoms with Crippen LogP contribution in [0, 0.1) is 0 Å². The van der Waals surface area contributed by atoms with E-state index in [0.29, 0.717) is 6.54 Å². The summed E-state index contributed by atoms with van der Waals surface area (Å²) >= 11 is 1.81. The molecular formula is C12H26IN3OS. The highest BCUT2D eigenvalue weighted by atomic mass is 127. The minimum Gasteiger partial charge on any atom is -0.387 e. The molecule has 1 atom stereocenters. The molecule has 3 N–H and O–H groups in total. The molecule has 1 fully saturated rings. The van der Waals surface area contributed by atoms with Crippen LogP contribution in [0.4, 0.5) is 0 Å². The highest BCUT2D eigenvalue weighted by Gasteiger charge is 2.31. The van der Waals surface area contributed by atoms with Gasteiger partial charge in [0.2, 0.25) is 0 Å². The first-order valence-corrected chi connectivity index (χ1v) is 7.68. The molecule has 1 heterocycles. The zero-order valence-electron chi connectivity index (χ0n) is 11.4. The molecule has 6 heteroatoms. The number of hydrogen-bond acceptors (Lipinski definition) is 3. The molecule has 1 aliphatic rings. The van der Waals surface area contributed by atoms with Gasteiger partial charge in [-0.05, 0) is 25.5 Å². The SMILES string of the molecule is CCCCNC(=NCC1(O)CCSC1)NCC.I. The summed E-state index contributed by atoms with van der Waals surface area (Å²) in [7, 11) is 0. The number of hydrogen-bond donors (Lipinski definition) is 3. The fraction of sp³-hybridized carbons (Fsp3) is 0.917. The molecule has 0 amide bonds. The maximum atomic E-state index is 10.2. The molecule has 0 saturated carbocycles. The molecule has 0 aliphatic carbocycles. The fourth-order valence-corrected chi connectivity index (χ4v) is 2.96. The number of guanidine groups is 1. The summed E-state index contributed by atoms with van der Waals surface area (Å²) in [6, 6.07) is 0. The quantitative estimate of drug-likeness (QED) is 0.282. The van der Waals surface area contributed by atoms with Crippen LogP contribution >= 0.6 is 35.7 Å². The number of rotatable bonds is 6. The van der Waals surface area contributed by atoms with Gasteiger partial charge >= 0.3 is 0 Å². The summed E-state index contributed by atoms with van der Waals surface area (Å²) in [5.41, 5.74) is -0.586. The Kier molecular flexibility index (Phi) is 10.3. The maximum Gasteiger partial charge on any atom is 0.191 e. The molecule has 4 nitrogen and oxygen atoms in total. The van der Waals surface area contributed by atoms with Crippen LogP contribution in [0.15, 0.2) is 4.99 Å². The normalized spacial score (nSPS) is 23.6.